The minimum atomic E-state index is 0.518. The molecule has 0 aliphatic rings. The summed E-state index contributed by atoms with van der Waals surface area (Å²) in [7, 11) is 0. The third-order valence-electron chi connectivity index (χ3n) is 3.38. The third kappa shape index (κ3) is 4.67. The van der Waals surface area contributed by atoms with Gasteiger partial charge in [-0.1, -0.05) is 70.0 Å². The van der Waals surface area contributed by atoms with Crippen molar-refractivity contribution in [3.8, 4) is 17.3 Å². The Kier molecular flexibility index (Phi) is 5.83. The topological polar surface area (TPSA) is 36.7 Å². The number of hydrogen-bond donors (Lipinski definition) is 0. The lowest BCUT2D eigenvalue weighted by Gasteiger charge is -1.97. The van der Waals surface area contributed by atoms with Crippen molar-refractivity contribution in [3.05, 3.63) is 86.1 Å². The monoisotopic (exact) mass is 426 g/mol. The van der Waals surface area contributed by atoms with E-state index in [1.54, 1.807) is 6.08 Å². The zero-order chi connectivity index (χ0) is 17.6. The van der Waals surface area contributed by atoms with Gasteiger partial charge in [-0.2, -0.15) is 5.26 Å². The van der Waals surface area contributed by atoms with Gasteiger partial charge in [0.1, 0.15) is 11.1 Å². The van der Waals surface area contributed by atoms with Crippen LogP contribution in [-0.4, -0.2) is 4.98 Å². The average molecular weight is 428 g/mol. The second-order valence-electron chi connectivity index (χ2n) is 5.15. The van der Waals surface area contributed by atoms with Gasteiger partial charge < -0.3 is 0 Å². The Bertz CT molecular complexity index is 967. The summed E-state index contributed by atoms with van der Waals surface area (Å²) in [5.41, 5.74) is 3.39. The minimum absolute atomic E-state index is 0.518. The number of nitriles is 1. The summed E-state index contributed by atoms with van der Waals surface area (Å²) in [6, 6.07) is 19.6. The molecule has 5 heteroatoms. The molecule has 2 aromatic carbocycles. The van der Waals surface area contributed by atoms with E-state index in [0.29, 0.717) is 15.6 Å². The van der Waals surface area contributed by atoms with Crippen molar-refractivity contribution in [2.24, 2.45) is 0 Å². The molecule has 0 amide bonds. The first-order valence-electron chi connectivity index (χ1n) is 7.41. The van der Waals surface area contributed by atoms with E-state index in [4.69, 9.17) is 11.6 Å². The summed E-state index contributed by atoms with van der Waals surface area (Å²) in [6.45, 7) is 0. The largest absolute Gasteiger partial charge is 0.235 e. The number of hydrogen-bond acceptors (Lipinski definition) is 3. The molecule has 0 N–H and O–H groups in total. The lowest BCUT2D eigenvalue weighted by molar-refractivity contribution is 1.37. The van der Waals surface area contributed by atoms with Gasteiger partial charge in [0.05, 0.1) is 11.3 Å². The molecule has 0 fully saturated rings. The molecule has 0 spiro atoms. The number of halogens is 2. The van der Waals surface area contributed by atoms with E-state index < -0.39 is 0 Å². The van der Waals surface area contributed by atoms with Crippen molar-refractivity contribution >= 4 is 50.5 Å². The number of benzene rings is 2. The molecule has 0 saturated carbocycles. The summed E-state index contributed by atoms with van der Waals surface area (Å²) in [6.07, 6.45) is 3.75. The molecule has 0 aliphatic carbocycles. The fraction of sp³-hybridized carbons (Fsp3) is 0. The van der Waals surface area contributed by atoms with Crippen LogP contribution < -0.4 is 0 Å². The van der Waals surface area contributed by atoms with Crippen molar-refractivity contribution < 1.29 is 0 Å². The second-order valence-corrected chi connectivity index (χ2v) is 7.36. The highest BCUT2D eigenvalue weighted by atomic mass is 79.9. The smallest absolute Gasteiger partial charge is 0.134 e. The molecule has 0 aliphatic heterocycles. The van der Waals surface area contributed by atoms with E-state index in [2.05, 4.69) is 27.0 Å². The molecule has 3 rings (SSSR count). The van der Waals surface area contributed by atoms with Gasteiger partial charge in [-0.15, -0.1) is 11.3 Å². The first-order chi connectivity index (χ1) is 12.2. The highest BCUT2D eigenvalue weighted by Gasteiger charge is 2.09. The van der Waals surface area contributed by atoms with E-state index in [0.717, 1.165) is 21.3 Å². The molecule has 0 saturated heterocycles. The molecule has 25 heavy (non-hydrogen) atoms. The van der Waals surface area contributed by atoms with Crippen molar-refractivity contribution in [3.63, 3.8) is 0 Å². The van der Waals surface area contributed by atoms with Gasteiger partial charge in [-0.3, -0.25) is 0 Å². The Morgan fingerprint density at radius 3 is 2.52 bits per heavy atom. The number of nitrogens with zero attached hydrogens (tertiary/aromatic N) is 2. The van der Waals surface area contributed by atoms with Gasteiger partial charge in [-0.25, -0.2) is 4.98 Å². The van der Waals surface area contributed by atoms with E-state index in [1.807, 2.05) is 66.1 Å². The van der Waals surface area contributed by atoms with Crippen molar-refractivity contribution in [2.75, 3.05) is 0 Å². The molecule has 1 heterocycles. The van der Waals surface area contributed by atoms with Crippen LogP contribution in [0.3, 0.4) is 0 Å². The maximum absolute atomic E-state index is 9.49. The van der Waals surface area contributed by atoms with Crippen molar-refractivity contribution in [2.45, 2.75) is 0 Å². The molecular formula is C20H12BrClN2S. The van der Waals surface area contributed by atoms with Crippen LogP contribution in [0.25, 0.3) is 22.9 Å². The zero-order valence-electron chi connectivity index (χ0n) is 13.0. The predicted molar refractivity (Wildman–Crippen MR) is 109 cm³/mol. The zero-order valence-corrected chi connectivity index (χ0v) is 16.1. The van der Waals surface area contributed by atoms with Gasteiger partial charge in [0.2, 0.25) is 0 Å². The maximum atomic E-state index is 9.49. The lowest BCUT2D eigenvalue weighted by Crippen LogP contribution is -1.83. The minimum Gasteiger partial charge on any atom is -0.235 e. The normalized spacial score (nSPS) is 12.0. The van der Waals surface area contributed by atoms with E-state index in [9.17, 15) is 5.26 Å². The van der Waals surface area contributed by atoms with Crippen LogP contribution in [0.5, 0.6) is 0 Å². The highest BCUT2D eigenvalue weighted by Crippen LogP contribution is 2.28. The quantitative estimate of drug-likeness (QED) is 0.339. The Labute approximate surface area is 163 Å². The Balaban J connectivity index is 1.88. The number of aromatic nitrogens is 1. The van der Waals surface area contributed by atoms with Gasteiger partial charge in [-0.05, 0) is 29.8 Å². The van der Waals surface area contributed by atoms with Gasteiger partial charge in [0.15, 0.2) is 0 Å². The van der Waals surface area contributed by atoms with Crippen LogP contribution in [0.4, 0.5) is 0 Å². The molecule has 3 aromatic rings. The summed E-state index contributed by atoms with van der Waals surface area (Å²) >= 11 is 10.9. The van der Waals surface area contributed by atoms with Crippen LogP contribution in [0.15, 0.2) is 70.5 Å². The summed E-state index contributed by atoms with van der Waals surface area (Å²) in [5, 5.41) is 12.8. The van der Waals surface area contributed by atoms with Crippen molar-refractivity contribution in [1.29, 1.82) is 5.26 Å². The number of allylic oxidation sites excluding steroid dienone is 3. The average Bonchev–Trinajstić information content (AvgIpc) is 3.11. The Morgan fingerprint density at radius 2 is 1.84 bits per heavy atom. The lowest BCUT2D eigenvalue weighted by atomic mass is 10.2. The molecule has 0 unspecified atom stereocenters. The first-order valence-corrected chi connectivity index (χ1v) is 9.46. The molecule has 0 atom stereocenters. The fourth-order valence-electron chi connectivity index (χ4n) is 2.18. The molecule has 122 valence electrons. The molecule has 0 radical (unpaired) electrons. The van der Waals surface area contributed by atoms with E-state index in [1.165, 1.54) is 11.3 Å². The number of thiazole rings is 1. The standard InChI is InChI=1S/C20H12BrClN2S/c21-17(10-14-4-2-1-3-5-14)11-16(12-23)20-24-19(13-25-20)15-6-8-18(22)9-7-15/h1-11,13H/b16-11+,17-10?. The van der Waals surface area contributed by atoms with Gasteiger partial charge >= 0.3 is 0 Å². The second kappa shape index (κ2) is 8.26. The van der Waals surface area contributed by atoms with Crippen LogP contribution in [0.1, 0.15) is 10.6 Å². The van der Waals surface area contributed by atoms with Gasteiger partial charge in [0.25, 0.3) is 0 Å². The summed E-state index contributed by atoms with van der Waals surface area (Å²) < 4.78 is 0.818. The van der Waals surface area contributed by atoms with Crippen LogP contribution >= 0.6 is 38.9 Å². The maximum Gasteiger partial charge on any atom is 0.134 e. The van der Waals surface area contributed by atoms with Crippen LogP contribution in [0.2, 0.25) is 5.02 Å². The van der Waals surface area contributed by atoms with Crippen LogP contribution in [-0.2, 0) is 0 Å². The Hall–Kier alpha value is -2.19. The highest BCUT2D eigenvalue weighted by molar-refractivity contribution is 9.12. The summed E-state index contributed by atoms with van der Waals surface area (Å²) in [5.74, 6) is 0. The number of rotatable bonds is 4. The predicted octanol–water partition coefficient (Wildman–Crippen LogP) is 6.81. The SMILES string of the molecule is N#C/C(=C\C(Br)=Cc1ccccc1)c1nc(-c2ccc(Cl)cc2)cs1. The molecule has 0 bridgehead atoms. The molecule has 2 nitrogen and oxygen atoms in total. The molecular weight excluding hydrogens is 416 g/mol. The first kappa shape index (κ1) is 17.6. The Morgan fingerprint density at radius 1 is 1.12 bits per heavy atom. The third-order valence-corrected chi connectivity index (χ3v) is 4.97. The fourth-order valence-corrected chi connectivity index (χ4v) is 3.59. The molecule has 1 aromatic heterocycles. The van der Waals surface area contributed by atoms with E-state index >= 15 is 0 Å². The van der Waals surface area contributed by atoms with Crippen LogP contribution in [0, 0.1) is 11.3 Å². The van der Waals surface area contributed by atoms with E-state index in [-0.39, 0.29) is 0 Å². The summed E-state index contributed by atoms with van der Waals surface area (Å²) in [4.78, 5) is 4.58. The van der Waals surface area contributed by atoms with Crippen molar-refractivity contribution in [1.82, 2.24) is 4.98 Å². The van der Waals surface area contributed by atoms with Gasteiger partial charge in [0, 0.05) is 20.4 Å².